The number of carbonyl (C=O) groups is 1. The van der Waals surface area contributed by atoms with Crippen LogP contribution in [0.25, 0.3) is 0 Å². The summed E-state index contributed by atoms with van der Waals surface area (Å²) in [5.41, 5.74) is 1.02. The molecule has 0 bridgehead atoms. The molecule has 0 unspecified atom stereocenters. The zero-order chi connectivity index (χ0) is 15.3. The highest BCUT2D eigenvalue weighted by atomic mass is 19.3. The van der Waals surface area contributed by atoms with Crippen LogP contribution in [0.1, 0.15) is 31.2 Å². The molecule has 2 N–H and O–H groups in total. The second kappa shape index (κ2) is 6.98. The van der Waals surface area contributed by atoms with Crippen molar-refractivity contribution in [1.82, 2.24) is 5.32 Å². The molecular formula is C16H21F2NO2. The molecule has 21 heavy (non-hydrogen) atoms. The normalized spacial score (nSPS) is 20.0. The standard InChI is InChI=1S/C16H21F2NO2/c17-16(18)8-6-13(7-9-16)15(21)19-14(11-20)10-12-4-2-1-3-5-12/h1-5,13-14,20H,6-11H2,(H,19,21)/t14-/m1/s1. The van der Waals surface area contributed by atoms with Gasteiger partial charge in [-0.1, -0.05) is 30.3 Å². The van der Waals surface area contributed by atoms with Crippen LogP contribution < -0.4 is 5.32 Å². The number of hydrogen-bond donors (Lipinski definition) is 2. The van der Waals surface area contributed by atoms with E-state index in [4.69, 9.17) is 0 Å². The van der Waals surface area contributed by atoms with Crippen LogP contribution in [0, 0.1) is 5.92 Å². The highest BCUT2D eigenvalue weighted by molar-refractivity contribution is 5.79. The van der Waals surface area contributed by atoms with Crippen molar-refractivity contribution in [2.75, 3.05) is 6.61 Å². The lowest BCUT2D eigenvalue weighted by Crippen LogP contribution is -2.44. The van der Waals surface area contributed by atoms with Crippen molar-refractivity contribution >= 4 is 5.91 Å². The van der Waals surface area contributed by atoms with E-state index in [1.165, 1.54) is 0 Å². The first-order valence-corrected chi connectivity index (χ1v) is 7.33. The van der Waals surface area contributed by atoms with E-state index in [1.807, 2.05) is 30.3 Å². The second-order valence-corrected chi connectivity index (χ2v) is 5.71. The maximum Gasteiger partial charge on any atom is 0.248 e. The topological polar surface area (TPSA) is 49.3 Å². The predicted octanol–water partition coefficient (Wildman–Crippen LogP) is 2.53. The first-order chi connectivity index (χ1) is 10.00. The minimum atomic E-state index is -2.63. The Hall–Kier alpha value is -1.49. The molecule has 5 heteroatoms. The molecule has 0 aliphatic heterocycles. The molecule has 1 atom stereocenters. The Morgan fingerprint density at radius 2 is 1.90 bits per heavy atom. The lowest BCUT2D eigenvalue weighted by Gasteiger charge is -2.28. The Kier molecular flexibility index (Phi) is 5.28. The molecule has 2 rings (SSSR count). The number of carbonyl (C=O) groups excluding carboxylic acids is 1. The Bertz CT molecular complexity index is 455. The highest BCUT2D eigenvalue weighted by Gasteiger charge is 2.37. The summed E-state index contributed by atoms with van der Waals surface area (Å²) in [4.78, 5) is 12.1. The molecule has 1 aliphatic rings. The second-order valence-electron chi connectivity index (χ2n) is 5.71. The van der Waals surface area contributed by atoms with Crippen molar-refractivity contribution in [3.8, 4) is 0 Å². The smallest absolute Gasteiger partial charge is 0.248 e. The van der Waals surface area contributed by atoms with E-state index in [0.29, 0.717) is 6.42 Å². The molecule has 1 saturated carbocycles. The van der Waals surface area contributed by atoms with Crippen molar-refractivity contribution in [1.29, 1.82) is 0 Å². The summed E-state index contributed by atoms with van der Waals surface area (Å²) in [5, 5.41) is 12.2. The molecule has 3 nitrogen and oxygen atoms in total. The lowest BCUT2D eigenvalue weighted by molar-refractivity contribution is -0.130. The third kappa shape index (κ3) is 4.77. The van der Waals surface area contributed by atoms with E-state index in [-0.39, 0.29) is 50.2 Å². The monoisotopic (exact) mass is 297 g/mol. The van der Waals surface area contributed by atoms with E-state index in [2.05, 4.69) is 5.32 Å². The molecule has 0 radical (unpaired) electrons. The molecule has 0 aromatic heterocycles. The van der Waals surface area contributed by atoms with E-state index in [1.54, 1.807) is 0 Å². The summed E-state index contributed by atoms with van der Waals surface area (Å²) >= 11 is 0. The highest BCUT2D eigenvalue weighted by Crippen LogP contribution is 2.36. The van der Waals surface area contributed by atoms with Crippen LogP contribution in [0.4, 0.5) is 8.78 Å². The number of aliphatic hydroxyl groups is 1. The fraction of sp³-hybridized carbons (Fsp3) is 0.562. The van der Waals surface area contributed by atoms with Gasteiger partial charge in [-0.3, -0.25) is 4.79 Å². The maximum absolute atomic E-state index is 13.1. The molecule has 1 aromatic carbocycles. The summed E-state index contributed by atoms with van der Waals surface area (Å²) in [7, 11) is 0. The van der Waals surface area contributed by atoms with Gasteiger partial charge in [0.1, 0.15) is 0 Å². The largest absolute Gasteiger partial charge is 0.394 e. The minimum absolute atomic E-state index is 0.163. The number of alkyl halides is 2. The van der Waals surface area contributed by atoms with Crippen molar-refractivity contribution in [3.63, 3.8) is 0 Å². The fourth-order valence-corrected chi connectivity index (χ4v) is 2.68. The van der Waals surface area contributed by atoms with E-state index in [0.717, 1.165) is 5.56 Å². The van der Waals surface area contributed by atoms with Crippen LogP contribution in [-0.2, 0) is 11.2 Å². The van der Waals surface area contributed by atoms with Gasteiger partial charge in [0.25, 0.3) is 0 Å². The van der Waals surface area contributed by atoms with E-state index >= 15 is 0 Å². The number of halogens is 2. The van der Waals surface area contributed by atoms with Gasteiger partial charge in [0, 0.05) is 18.8 Å². The van der Waals surface area contributed by atoms with Gasteiger partial charge in [-0.05, 0) is 24.8 Å². The SMILES string of the molecule is O=C(N[C@@H](CO)Cc1ccccc1)C1CCC(F)(F)CC1. The van der Waals surface area contributed by atoms with Gasteiger partial charge in [-0.2, -0.15) is 0 Å². The molecular weight excluding hydrogens is 276 g/mol. The molecule has 1 fully saturated rings. The molecule has 0 heterocycles. The summed E-state index contributed by atoms with van der Waals surface area (Å²) in [6.45, 7) is -0.163. The number of amides is 1. The van der Waals surface area contributed by atoms with Crippen LogP contribution in [0.2, 0.25) is 0 Å². The van der Waals surface area contributed by atoms with Gasteiger partial charge in [0.2, 0.25) is 11.8 Å². The fourth-order valence-electron chi connectivity index (χ4n) is 2.68. The molecule has 1 aliphatic carbocycles. The van der Waals surface area contributed by atoms with Crippen molar-refractivity contribution in [3.05, 3.63) is 35.9 Å². The molecule has 1 aromatic rings. The van der Waals surface area contributed by atoms with Gasteiger partial charge >= 0.3 is 0 Å². The molecule has 0 saturated heterocycles. The number of rotatable bonds is 5. The quantitative estimate of drug-likeness (QED) is 0.877. The van der Waals surface area contributed by atoms with Crippen LogP contribution in [0.3, 0.4) is 0 Å². The third-order valence-electron chi connectivity index (χ3n) is 3.98. The number of nitrogens with one attached hydrogen (secondary N) is 1. The number of hydrogen-bond acceptors (Lipinski definition) is 2. The van der Waals surface area contributed by atoms with Crippen LogP contribution in [0.5, 0.6) is 0 Å². The minimum Gasteiger partial charge on any atom is -0.394 e. The first kappa shape index (κ1) is 15.9. The van der Waals surface area contributed by atoms with Crippen molar-refractivity contribution in [2.45, 2.75) is 44.1 Å². The molecule has 0 spiro atoms. The zero-order valence-electron chi connectivity index (χ0n) is 11.9. The lowest BCUT2D eigenvalue weighted by atomic mass is 9.86. The van der Waals surface area contributed by atoms with E-state index < -0.39 is 5.92 Å². The average Bonchev–Trinajstić information content (AvgIpc) is 2.47. The van der Waals surface area contributed by atoms with Gasteiger partial charge < -0.3 is 10.4 Å². The number of benzene rings is 1. The Balaban J connectivity index is 1.85. The van der Waals surface area contributed by atoms with Crippen LogP contribution in [0.15, 0.2) is 30.3 Å². The Morgan fingerprint density at radius 1 is 1.29 bits per heavy atom. The van der Waals surface area contributed by atoms with Crippen LogP contribution in [-0.4, -0.2) is 29.6 Å². The summed E-state index contributed by atoms with van der Waals surface area (Å²) < 4.78 is 26.2. The third-order valence-corrected chi connectivity index (χ3v) is 3.98. The van der Waals surface area contributed by atoms with Crippen molar-refractivity contribution < 1.29 is 18.7 Å². The average molecular weight is 297 g/mol. The Morgan fingerprint density at radius 3 is 2.48 bits per heavy atom. The predicted molar refractivity (Wildman–Crippen MR) is 76.1 cm³/mol. The summed E-state index contributed by atoms with van der Waals surface area (Å²) in [6, 6.07) is 9.18. The van der Waals surface area contributed by atoms with Gasteiger partial charge in [0.15, 0.2) is 0 Å². The summed E-state index contributed by atoms with van der Waals surface area (Å²) in [6.07, 6.45) is 0.498. The van der Waals surface area contributed by atoms with Gasteiger partial charge in [-0.25, -0.2) is 8.78 Å². The first-order valence-electron chi connectivity index (χ1n) is 7.33. The molecule has 116 valence electrons. The number of aliphatic hydroxyl groups excluding tert-OH is 1. The molecule has 1 amide bonds. The maximum atomic E-state index is 13.1. The zero-order valence-corrected chi connectivity index (χ0v) is 11.9. The summed E-state index contributed by atoms with van der Waals surface area (Å²) in [5.74, 6) is -3.22. The van der Waals surface area contributed by atoms with Crippen molar-refractivity contribution in [2.24, 2.45) is 5.92 Å². The van der Waals surface area contributed by atoms with Crippen LogP contribution >= 0.6 is 0 Å². The van der Waals surface area contributed by atoms with Gasteiger partial charge in [0.05, 0.1) is 12.6 Å². The Labute approximate surface area is 123 Å². The van der Waals surface area contributed by atoms with E-state index in [9.17, 15) is 18.7 Å². The van der Waals surface area contributed by atoms with Gasteiger partial charge in [-0.15, -0.1) is 0 Å².